The number of phosphoric ester groups is 1. The van der Waals surface area contributed by atoms with Gasteiger partial charge in [-0.1, -0.05) is 283 Å². The molecule has 1 saturated carbocycles. The predicted octanol–water partition coefficient (Wildman–Crippen LogP) is 11.3. The summed E-state index contributed by atoms with van der Waals surface area (Å²) < 4.78 is 64.9. The number of phosphoric acid groups is 1. The van der Waals surface area contributed by atoms with E-state index < -0.39 is 156 Å². The molecule has 3 fully saturated rings. The van der Waals surface area contributed by atoms with Crippen LogP contribution >= 0.6 is 7.82 Å². The van der Waals surface area contributed by atoms with Gasteiger partial charge in [-0.05, 0) is 25.7 Å². The van der Waals surface area contributed by atoms with Crippen LogP contribution in [0.25, 0.3) is 0 Å². The first-order chi connectivity index (χ1) is 48.3. The first-order valence-electron chi connectivity index (χ1n) is 39.2. The third-order valence-corrected chi connectivity index (χ3v) is 20.3. The van der Waals surface area contributed by atoms with E-state index in [9.17, 15) is 74.9 Å². The van der Waals surface area contributed by atoms with Crippen molar-refractivity contribution in [3.8, 4) is 0 Å². The van der Waals surface area contributed by atoms with Gasteiger partial charge in [0.25, 0.3) is 0 Å². The molecule has 18 atom stereocenters. The van der Waals surface area contributed by atoms with Crippen LogP contribution in [0.1, 0.15) is 303 Å². The lowest BCUT2D eigenvalue weighted by Crippen LogP contribution is -2.69. The summed E-state index contributed by atoms with van der Waals surface area (Å²) in [6.07, 6.45) is 18.6. The molecule has 11 N–H and O–H groups in total. The van der Waals surface area contributed by atoms with E-state index in [2.05, 4.69) is 20.8 Å². The number of ether oxygens (including phenoxy) is 7. The van der Waals surface area contributed by atoms with Crippen LogP contribution in [0.15, 0.2) is 24.3 Å². The second kappa shape index (κ2) is 56.7. The molecule has 0 bridgehead atoms. The molecular weight excluding hydrogens is 1320 g/mol. The van der Waals surface area contributed by atoms with E-state index in [0.717, 1.165) is 96.0 Å². The highest BCUT2D eigenvalue weighted by atomic mass is 31.2. The van der Waals surface area contributed by atoms with Gasteiger partial charge in [-0.2, -0.15) is 0 Å². The molecule has 0 amide bonds. The third kappa shape index (κ3) is 39.2. The minimum absolute atomic E-state index is 0.0380. The zero-order chi connectivity index (χ0) is 73.2. The summed E-state index contributed by atoms with van der Waals surface area (Å²) in [5.41, 5.74) is 0. The van der Waals surface area contributed by atoms with Crippen molar-refractivity contribution in [1.82, 2.24) is 0 Å². The molecular formula is C75H137O24P. The Morgan fingerprint density at radius 3 is 1.18 bits per heavy atom. The summed E-state index contributed by atoms with van der Waals surface area (Å²) >= 11 is 0. The molecule has 0 aromatic heterocycles. The fraction of sp³-hybridized carbons (Fsp3) is 0.907. The molecule has 18 unspecified atom stereocenters. The highest BCUT2D eigenvalue weighted by Gasteiger charge is 2.58. The molecule has 100 heavy (non-hydrogen) atoms. The monoisotopic (exact) mass is 1450 g/mol. The van der Waals surface area contributed by atoms with Gasteiger partial charge in [0, 0.05) is 18.9 Å². The van der Waals surface area contributed by atoms with Crippen molar-refractivity contribution in [2.75, 3.05) is 26.4 Å². The van der Waals surface area contributed by atoms with Crippen LogP contribution in [-0.2, 0) is 61.2 Å². The normalized spacial score (nSPS) is 27.4. The number of allylic oxidation sites excluding steroid dienone is 3. The second-order valence-corrected chi connectivity index (χ2v) is 29.6. The van der Waals surface area contributed by atoms with Crippen molar-refractivity contribution in [2.45, 2.75) is 407 Å². The van der Waals surface area contributed by atoms with Crippen molar-refractivity contribution in [3.63, 3.8) is 0 Å². The van der Waals surface area contributed by atoms with Crippen LogP contribution in [0.2, 0.25) is 0 Å². The Morgan fingerprint density at radius 1 is 0.410 bits per heavy atom. The molecule has 0 aromatic carbocycles. The van der Waals surface area contributed by atoms with Crippen LogP contribution in [0, 0.1) is 0 Å². The molecule has 2 heterocycles. The van der Waals surface area contributed by atoms with Crippen molar-refractivity contribution in [3.05, 3.63) is 24.3 Å². The number of hydrogen-bond acceptors (Lipinski definition) is 23. The maximum absolute atomic E-state index is 14.3. The Balaban J connectivity index is 1.73. The molecule has 0 aromatic rings. The summed E-state index contributed by atoms with van der Waals surface area (Å²) in [5.74, 6) is -2.21. The molecule has 3 aliphatic rings. The van der Waals surface area contributed by atoms with E-state index in [1.807, 2.05) is 6.08 Å². The number of unbranched alkanes of at least 4 members (excludes halogenated alkanes) is 39. The Kier molecular flexibility index (Phi) is 52.0. The molecule has 25 heteroatoms. The maximum atomic E-state index is 14.3. The van der Waals surface area contributed by atoms with Gasteiger partial charge in [0.1, 0.15) is 98.7 Å². The Bertz CT molecular complexity index is 2160. The number of rotatable bonds is 61. The third-order valence-electron chi connectivity index (χ3n) is 19.3. The summed E-state index contributed by atoms with van der Waals surface area (Å²) in [6, 6.07) is 0. The molecule has 24 nitrogen and oxygen atoms in total. The van der Waals surface area contributed by atoms with Crippen molar-refractivity contribution in [2.24, 2.45) is 0 Å². The summed E-state index contributed by atoms with van der Waals surface area (Å²) in [7, 11) is -5.70. The lowest BCUT2D eigenvalue weighted by Gasteiger charge is -2.49. The van der Waals surface area contributed by atoms with E-state index >= 15 is 0 Å². The average Bonchev–Trinajstić information content (AvgIpc) is 0.762. The SMILES string of the molecule is CCCCCCCCCCCCC/C=C/C=C/C(=O)OCC1OC(OC2C(O)C(O)C(O)C(OC3OC(CO)C(O)C(O)C3O)C2OP(=O)(O)OCC(COC(=O)CCCCCCCCCCCCCCCC)OC(=O)CCCCCCCCCCCCCCCCCC)C(O)C(O)C1O. The van der Waals surface area contributed by atoms with Crippen LogP contribution in [0.4, 0.5) is 0 Å². The fourth-order valence-electron chi connectivity index (χ4n) is 13.0. The highest BCUT2D eigenvalue weighted by Crippen LogP contribution is 2.49. The van der Waals surface area contributed by atoms with Gasteiger partial charge in [0.15, 0.2) is 18.7 Å². The topological polar surface area (TPSA) is 374 Å². The molecule has 2 aliphatic heterocycles. The predicted molar refractivity (Wildman–Crippen MR) is 379 cm³/mol. The van der Waals surface area contributed by atoms with Gasteiger partial charge >= 0.3 is 25.7 Å². The fourth-order valence-corrected chi connectivity index (χ4v) is 13.9. The van der Waals surface area contributed by atoms with Crippen LogP contribution in [0.5, 0.6) is 0 Å². The van der Waals surface area contributed by atoms with E-state index in [1.165, 1.54) is 173 Å². The van der Waals surface area contributed by atoms with Crippen molar-refractivity contribution < 1.29 is 117 Å². The minimum atomic E-state index is -5.70. The van der Waals surface area contributed by atoms with Crippen molar-refractivity contribution >= 4 is 25.7 Å². The average molecular weight is 1450 g/mol. The standard InChI is InChI=1S/C75H137O24P/c1-4-7-10-13-16-19-22-25-28-30-33-36-39-42-45-48-51-61(79)94-56(53-91-59(77)49-46-43-40-37-34-31-27-24-21-18-15-12-9-6-3)54-93-100(89,90)99-73-71(97-74-69(87)64(82)62(80)57(52-76)95-74)67(85)66(84)68(86)72(73)98-75-70(88)65(83)63(81)58(96-75)55-92-60(78)50-47-44-41-38-35-32-29-26-23-20-17-14-11-8-5-2/h41,44,47,50,56-58,62-76,80-88H,4-40,42-43,45-46,48-49,51-55H2,1-3H3,(H,89,90)/b44-41+,50-47+. The number of carbonyl (C=O) groups is 3. The van der Waals surface area contributed by atoms with Gasteiger partial charge in [-0.25, -0.2) is 9.36 Å². The van der Waals surface area contributed by atoms with Crippen LogP contribution < -0.4 is 0 Å². The largest absolute Gasteiger partial charge is 0.472 e. The molecule has 0 spiro atoms. The summed E-state index contributed by atoms with van der Waals surface area (Å²) in [4.78, 5) is 51.0. The Hall–Kier alpha value is -2.56. The molecule has 1 aliphatic carbocycles. The molecule has 0 radical (unpaired) electrons. The lowest BCUT2D eigenvalue weighted by atomic mass is 9.84. The first kappa shape index (κ1) is 91.6. The Labute approximate surface area is 598 Å². The van der Waals surface area contributed by atoms with E-state index in [4.69, 9.17) is 42.2 Å². The summed E-state index contributed by atoms with van der Waals surface area (Å²) in [6.45, 7) is 3.39. The van der Waals surface area contributed by atoms with E-state index in [0.29, 0.717) is 12.8 Å². The molecule has 586 valence electrons. The number of carbonyl (C=O) groups excluding carboxylic acids is 3. The van der Waals surface area contributed by atoms with Crippen LogP contribution in [-0.4, -0.2) is 204 Å². The Morgan fingerprint density at radius 2 is 0.770 bits per heavy atom. The van der Waals surface area contributed by atoms with E-state index in [1.54, 1.807) is 6.08 Å². The number of esters is 3. The lowest BCUT2D eigenvalue weighted by molar-refractivity contribution is -0.360. The van der Waals surface area contributed by atoms with Gasteiger partial charge in [-0.3, -0.25) is 18.6 Å². The smallest absolute Gasteiger partial charge is 0.462 e. The molecule has 2 saturated heterocycles. The van der Waals surface area contributed by atoms with Gasteiger partial charge < -0.3 is 89.1 Å². The van der Waals surface area contributed by atoms with Gasteiger partial charge in [0.05, 0.1) is 13.2 Å². The first-order valence-corrected chi connectivity index (χ1v) is 40.7. The molecule has 3 rings (SSSR count). The maximum Gasteiger partial charge on any atom is 0.472 e. The number of aliphatic hydroxyl groups is 10. The quantitative estimate of drug-likeness (QED) is 0.00673. The second-order valence-electron chi connectivity index (χ2n) is 28.2. The van der Waals surface area contributed by atoms with E-state index in [-0.39, 0.29) is 12.8 Å². The number of hydrogen-bond donors (Lipinski definition) is 11. The minimum Gasteiger partial charge on any atom is -0.462 e. The zero-order valence-electron chi connectivity index (χ0n) is 61.2. The number of aliphatic hydroxyl groups excluding tert-OH is 10. The zero-order valence-corrected chi connectivity index (χ0v) is 62.1. The van der Waals surface area contributed by atoms with Gasteiger partial charge in [-0.15, -0.1) is 0 Å². The van der Waals surface area contributed by atoms with Gasteiger partial charge in [0.2, 0.25) is 0 Å². The van der Waals surface area contributed by atoms with Crippen molar-refractivity contribution in [1.29, 1.82) is 0 Å². The highest BCUT2D eigenvalue weighted by molar-refractivity contribution is 7.47. The summed E-state index contributed by atoms with van der Waals surface area (Å²) in [5, 5.41) is 110. The van der Waals surface area contributed by atoms with Crippen LogP contribution in [0.3, 0.4) is 0 Å².